The summed E-state index contributed by atoms with van der Waals surface area (Å²) in [6, 6.07) is 21.0. The van der Waals surface area contributed by atoms with Crippen LogP contribution in [0.25, 0.3) is 10.8 Å². The number of nitrogens with one attached hydrogen (secondary N) is 2. The van der Waals surface area contributed by atoms with E-state index >= 15 is 8.78 Å². The monoisotopic (exact) mass is 1070 g/mol. The van der Waals surface area contributed by atoms with Crippen LogP contribution in [0.15, 0.2) is 84.9 Å². The molecule has 4 aromatic carbocycles. The van der Waals surface area contributed by atoms with Crippen molar-refractivity contribution in [2.24, 2.45) is 0 Å². The molecule has 2 N–H and O–H groups in total. The van der Waals surface area contributed by atoms with E-state index in [1.165, 1.54) is 17.0 Å². The van der Waals surface area contributed by atoms with E-state index in [2.05, 4.69) is 51.1 Å². The fourth-order valence-corrected chi connectivity index (χ4v) is 11.3. The Bertz CT molecular complexity index is 3220. The second kappa shape index (κ2) is 21.7. The third-order valence-corrected chi connectivity index (χ3v) is 15.6. The highest BCUT2D eigenvalue weighted by molar-refractivity contribution is 6.36. The van der Waals surface area contributed by atoms with Crippen LogP contribution in [-0.2, 0) is 51.2 Å². The molecule has 3 saturated heterocycles. The first-order valence-electron chi connectivity index (χ1n) is 25.2. The highest BCUT2D eigenvalue weighted by Crippen LogP contribution is 2.39. The van der Waals surface area contributed by atoms with Crippen molar-refractivity contribution in [2.45, 2.75) is 82.2 Å². The van der Waals surface area contributed by atoms with E-state index in [9.17, 15) is 29.2 Å². The first-order valence-corrected chi connectivity index (χ1v) is 25.9. The zero-order valence-electron chi connectivity index (χ0n) is 41.6. The van der Waals surface area contributed by atoms with Crippen molar-refractivity contribution in [3.05, 3.63) is 129 Å². The van der Waals surface area contributed by atoms with Gasteiger partial charge in [-0.2, -0.15) is 24.0 Å². The zero-order chi connectivity index (χ0) is 53.4. The van der Waals surface area contributed by atoms with Crippen molar-refractivity contribution < 1.29 is 42.2 Å². The minimum Gasteiger partial charge on any atom is -0.487 e. The van der Waals surface area contributed by atoms with Gasteiger partial charge < -0.3 is 39.3 Å². The number of alkyl halides is 2. The predicted molar refractivity (Wildman–Crippen MR) is 279 cm³/mol. The van der Waals surface area contributed by atoms with Crippen LogP contribution < -0.4 is 29.9 Å². The van der Waals surface area contributed by atoms with Gasteiger partial charge in [0, 0.05) is 85.1 Å². The van der Waals surface area contributed by atoms with Gasteiger partial charge in [-0.25, -0.2) is 0 Å². The number of piperidine rings is 1. The molecule has 0 saturated carbocycles. The predicted octanol–water partition coefficient (Wildman–Crippen LogP) is 6.71. The average Bonchev–Trinajstić information content (AvgIpc) is 3.99. The van der Waals surface area contributed by atoms with E-state index in [4.69, 9.17) is 42.6 Å². The van der Waals surface area contributed by atoms with E-state index < -0.39 is 53.8 Å². The zero-order valence-corrected chi connectivity index (χ0v) is 43.1. The first-order chi connectivity index (χ1) is 36.6. The molecule has 6 heterocycles. The third-order valence-electron chi connectivity index (χ3n) is 15.0. The molecule has 0 radical (unpaired) electrons. The molecule has 394 valence electrons. The van der Waals surface area contributed by atoms with Crippen LogP contribution in [0, 0.1) is 11.3 Å². The fraction of sp³-hybridized carbons (Fsp3) is 0.382. The highest BCUT2D eigenvalue weighted by atomic mass is 35.5. The van der Waals surface area contributed by atoms with Crippen LogP contribution in [-0.4, -0.2) is 125 Å². The average molecular weight is 1080 g/mol. The Kier molecular flexibility index (Phi) is 14.9. The summed E-state index contributed by atoms with van der Waals surface area (Å²) in [6.07, 6.45) is 2.98. The van der Waals surface area contributed by atoms with E-state index in [1.807, 2.05) is 30.3 Å². The van der Waals surface area contributed by atoms with Crippen LogP contribution in [0.1, 0.15) is 70.4 Å². The molecule has 3 atom stereocenters. The molecule has 5 aliphatic heterocycles. The number of likely N-dealkylation sites (N-methyl/N-ethyl adjacent to an activating group) is 1. The summed E-state index contributed by atoms with van der Waals surface area (Å²) in [5, 5.41) is 17.2. The Morgan fingerprint density at radius 1 is 0.921 bits per heavy atom. The molecule has 1 unspecified atom stereocenters. The van der Waals surface area contributed by atoms with E-state index in [1.54, 1.807) is 11.0 Å². The number of likely N-dealkylation sites (tertiary alicyclic amines) is 1. The summed E-state index contributed by atoms with van der Waals surface area (Å²) in [7, 11) is 2.08. The van der Waals surface area contributed by atoms with Gasteiger partial charge in [-0.05, 0) is 86.1 Å². The maximum Gasteiger partial charge on any atom is 0.349 e. The largest absolute Gasteiger partial charge is 0.487 e. The number of piperazine rings is 1. The van der Waals surface area contributed by atoms with Crippen molar-refractivity contribution >= 4 is 75.0 Å². The Balaban J connectivity index is 0.788. The summed E-state index contributed by atoms with van der Waals surface area (Å²) in [6.45, 7) is 6.69. The summed E-state index contributed by atoms with van der Waals surface area (Å²) < 4.78 is 43.8. The number of aromatic nitrogens is 2. The highest BCUT2D eigenvalue weighted by Gasteiger charge is 2.43. The second-order valence-electron chi connectivity index (χ2n) is 19.8. The lowest BCUT2D eigenvalue weighted by atomic mass is 10.0. The first kappa shape index (κ1) is 52.1. The molecule has 21 heteroatoms. The van der Waals surface area contributed by atoms with E-state index in [0.29, 0.717) is 60.2 Å². The molecule has 5 aromatic rings. The number of anilines is 2. The van der Waals surface area contributed by atoms with Gasteiger partial charge in [-0.15, -0.1) is 0 Å². The van der Waals surface area contributed by atoms with Crippen LogP contribution >= 0.6 is 23.2 Å². The summed E-state index contributed by atoms with van der Waals surface area (Å²) in [5.41, 5.74) is 3.37. The number of halogens is 4. The Morgan fingerprint density at radius 3 is 2.51 bits per heavy atom. The number of ether oxygens (including phenoxy) is 2. The van der Waals surface area contributed by atoms with E-state index in [0.717, 1.165) is 65.3 Å². The normalized spacial score (nSPS) is 19.8. The molecule has 17 nitrogen and oxygen atoms in total. The number of rotatable bonds is 15. The number of benzene rings is 4. The van der Waals surface area contributed by atoms with Crippen molar-refractivity contribution in [2.75, 3.05) is 62.8 Å². The lowest BCUT2D eigenvalue weighted by Crippen LogP contribution is -2.56. The van der Waals surface area contributed by atoms with E-state index in [-0.39, 0.29) is 79.7 Å². The lowest BCUT2D eigenvalue weighted by molar-refractivity contribution is -0.147. The maximum absolute atomic E-state index is 15.8. The quantitative estimate of drug-likeness (QED) is 0.0832. The number of hydrogen-bond donors (Lipinski definition) is 2. The van der Waals surface area contributed by atoms with Crippen LogP contribution in [0.3, 0.4) is 0 Å². The standard InChI is InChI=1S/C55H54Cl2F2N10O7/c1-32(30-75-46-25-36(12-14-41(46)56)55(58,59)53(74)61-26-33-11-13-39-35(24-33)27-69(52(39)73)45-15-16-47(70)63-50(45)71)51(72)68-23-22-67(28-37(68)17-19-60)49-40-18-21-66(44-10-4-7-34-6-3-9-42(57)48(34)44)29-43(40)62-54(64-49)76-31-38-8-5-20-65(38)2/h3-4,6-7,9-14,24-25,37-38,45H,1,5,8,15-18,20-23,26-31H2,2H3,(H,61,74)(H,63,70,71)/t37-,38-,45?/m0/s1. The van der Waals surface area contributed by atoms with Gasteiger partial charge in [-0.3, -0.25) is 29.3 Å². The van der Waals surface area contributed by atoms with Crippen LogP contribution in [0.4, 0.5) is 20.3 Å². The smallest absolute Gasteiger partial charge is 0.349 e. The summed E-state index contributed by atoms with van der Waals surface area (Å²) in [4.78, 5) is 84.0. The number of amides is 5. The number of carbonyl (C=O) groups excluding carboxylic acids is 5. The Morgan fingerprint density at radius 2 is 1.74 bits per heavy atom. The van der Waals surface area contributed by atoms with Crippen molar-refractivity contribution in [1.82, 2.24) is 35.3 Å². The molecule has 3 fully saturated rings. The molecule has 5 aliphatic rings. The van der Waals surface area contributed by atoms with Crippen LogP contribution in [0.2, 0.25) is 10.0 Å². The topological polar surface area (TPSA) is 194 Å². The Labute approximate surface area is 447 Å². The second-order valence-corrected chi connectivity index (χ2v) is 20.6. The molecule has 1 aromatic heterocycles. The van der Waals surface area contributed by atoms with Gasteiger partial charge in [0.05, 0.1) is 40.8 Å². The van der Waals surface area contributed by atoms with Gasteiger partial charge in [0.2, 0.25) is 11.8 Å². The molecule has 76 heavy (non-hydrogen) atoms. The Hall–Kier alpha value is -7.40. The van der Waals surface area contributed by atoms with Gasteiger partial charge in [0.25, 0.3) is 17.7 Å². The van der Waals surface area contributed by atoms with Gasteiger partial charge in [-0.1, -0.05) is 72.2 Å². The summed E-state index contributed by atoms with van der Waals surface area (Å²) in [5.74, 6) is -7.03. The molecule has 0 bridgehead atoms. The number of nitrogens with zero attached hydrogens (tertiary/aromatic N) is 8. The molecule has 0 aliphatic carbocycles. The van der Waals surface area contributed by atoms with Crippen LogP contribution in [0.5, 0.6) is 11.8 Å². The minimum absolute atomic E-state index is 0.00300. The molecular weight excluding hydrogens is 1020 g/mol. The minimum atomic E-state index is -4.05. The molecule has 10 rings (SSSR count). The maximum atomic E-state index is 15.8. The molecular formula is C55H54Cl2F2N10O7. The molecule has 0 spiro atoms. The number of hydrogen-bond acceptors (Lipinski definition) is 13. The fourth-order valence-electron chi connectivity index (χ4n) is 10.8. The van der Waals surface area contributed by atoms with Crippen molar-refractivity contribution in [1.29, 1.82) is 5.26 Å². The number of fused-ring (bicyclic) bond motifs is 3. The molecule has 5 amide bonds. The van der Waals surface area contributed by atoms with Crippen molar-refractivity contribution in [3.63, 3.8) is 0 Å². The van der Waals surface area contributed by atoms with Gasteiger partial charge in [0.1, 0.15) is 30.8 Å². The SMILES string of the molecule is C=C(COc1cc(C(F)(F)C(=O)NCc2ccc3c(c2)CN(C2CCC(=O)NC2=O)C3=O)ccc1Cl)C(=O)N1CCN(c2nc(OC[C@@H]3CCCN3C)nc3c2CCN(c2cccc4cccc(Cl)c24)C3)C[C@@H]1CC#N. The van der Waals surface area contributed by atoms with Crippen molar-refractivity contribution in [3.8, 4) is 17.8 Å². The number of nitriles is 1. The van der Waals surface area contributed by atoms with Gasteiger partial charge >= 0.3 is 11.9 Å². The third kappa shape index (κ3) is 10.5. The van der Waals surface area contributed by atoms with Gasteiger partial charge in [0.15, 0.2) is 0 Å². The number of imide groups is 1. The lowest BCUT2D eigenvalue weighted by Gasteiger charge is -2.42. The number of carbonyl (C=O) groups is 5. The summed E-state index contributed by atoms with van der Waals surface area (Å²) >= 11 is 13.2.